The summed E-state index contributed by atoms with van der Waals surface area (Å²) in [5.41, 5.74) is 2.85. The molecule has 1 aromatic carbocycles. The smallest absolute Gasteiger partial charge is 0.294 e. The summed E-state index contributed by atoms with van der Waals surface area (Å²) in [6.45, 7) is 14.4. The first-order chi connectivity index (χ1) is 15.8. The topological polar surface area (TPSA) is 83.4 Å². The van der Waals surface area contributed by atoms with Crippen molar-refractivity contribution >= 4 is 23.3 Å². The van der Waals surface area contributed by atoms with Gasteiger partial charge in [-0.25, -0.2) is 4.39 Å². The Morgan fingerprint density at radius 3 is 2.29 bits per heavy atom. The number of benzene rings is 1. The van der Waals surface area contributed by atoms with Crippen molar-refractivity contribution in [3.63, 3.8) is 0 Å². The maximum absolute atomic E-state index is 13.6. The van der Waals surface area contributed by atoms with Crippen LogP contribution in [0.5, 0.6) is 0 Å². The Hall–Kier alpha value is -3.42. The van der Waals surface area contributed by atoms with Crippen LogP contribution in [0.2, 0.25) is 0 Å². The Labute approximate surface area is 200 Å². The molecular weight excluding hydrogens is 435 g/mol. The summed E-state index contributed by atoms with van der Waals surface area (Å²) >= 11 is 0. The largest absolute Gasteiger partial charge is 0.375 e. The number of aromatic nitrogens is 1. The van der Waals surface area contributed by atoms with Crippen LogP contribution in [0.25, 0.3) is 0 Å². The molecule has 1 aromatic heterocycles. The first kappa shape index (κ1) is 25.2. The fourth-order valence-electron chi connectivity index (χ4n) is 4.50. The average molecular weight is 469 g/mol. The van der Waals surface area contributed by atoms with Gasteiger partial charge in [0.1, 0.15) is 5.82 Å². The number of Topliss-reactive ketones (excluding diaryl/α,β-unsaturated/α-hetero) is 1. The number of allylic oxidation sites excluding steroid dienone is 1. The molecule has 0 spiro atoms. The lowest BCUT2D eigenvalue weighted by Crippen LogP contribution is -2.54. The van der Waals surface area contributed by atoms with Crippen molar-refractivity contribution in [3.05, 3.63) is 64.4 Å². The molecule has 3 rings (SSSR count). The molecule has 0 aliphatic carbocycles. The van der Waals surface area contributed by atoms with Crippen molar-refractivity contribution in [3.8, 4) is 0 Å². The average Bonchev–Trinajstić information content (AvgIpc) is 2.98. The Morgan fingerprint density at radius 2 is 1.74 bits per heavy atom. The molecule has 1 fully saturated rings. The van der Waals surface area contributed by atoms with E-state index in [9.17, 15) is 18.8 Å². The van der Waals surface area contributed by atoms with E-state index in [0.717, 1.165) is 18.8 Å². The minimum atomic E-state index is -0.684. The minimum Gasteiger partial charge on any atom is -0.375 e. The van der Waals surface area contributed by atoms with Gasteiger partial charge >= 0.3 is 0 Å². The van der Waals surface area contributed by atoms with Gasteiger partial charge in [0, 0.05) is 42.8 Å². The molecule has 2 heterocycles. The van der Waals surface area contributed by atoms with Crippen LogP contribution in [0.15, 0.2) is 30.5 Å². The lowest BCUT2D eigenvalue weighted by atomic mass is 9.89. The predicted molar refractivity (Wildman–Crippen MR) is 130 cm³/mol. The number of amides is 2. The quantitative estimate of drug-likeness (QED) is 0.495. The molecule has 2 aromatic rings. The fraction of sp³-hybridized carbons (Fsp3) is 0.423. The molecular formula is C26H33FN4O3. The van der Waals surface area contributed by atoms with Gasteiger partial charge in [0.2, 0.25) is 0 Å². The van der Waals surface area contributed by atoms with Crippen LogP contribution in [0.3, 0.4) is 0 Å². The number of piperidine rings is 1. The van der Waals surface area contributed by atoms with E-state index in [-0.39, 0.29) is 11.5 Å². The summed E-state index contributed by atoms with van der Waals surface area (Å²) < 4.78 is 15.1. The summed E-state index contributed by atoms with van der Waals surface area (Å²) in [7, 11) is 1.66. The Kier molecular flexibility index (Phi) is 7.00. The number of carbonyl (C=O) groups is 3. The number of hydrogen-bond donors (Lipinski definition) is 2. The number of carbonyl (C=O) groups excluding carboxylic acids is 3. The first-order valence-corrected chi connectivity index (χ1v) is 11.4. The molecule has 1 aliphatic rings. The monoisotopic (exact) mass is 468 g/mol. The highest BCUT2D eigenvalue weighted by Crippen LogP contribution is 2.26. The minimum absolute atomic E-state index is 0.179. The van der Waals surface area contributed by atoms with Crippen molar-refractivity contribution in [2.45, 2.75) is 53.0 Å². The first-order valence-electron chi connectivity index (χ1n) is 11.4. The lowest BCUT2D eigenvalue weighted by molar-refractivity contribution is -0.119. The van der Waals surface area contributed by atoms with E-state index in [0.29, 0.717) is 40.9 Å². The van der Waals surface area contributed by atoms with Gasteiger partial charge in [-0.1, -0.05) is 6.58 Å². The SMILES string of the molecule is C=C(C)N1CCC(C)(NC(=O)C(=O)c2c(C)c(C(=O)Nc3ccc(F)c(C)c3)c(C)n2C)CC1. The van der Waals surface area contributed by atoms with Gasteiger partial charge in [-0.05, 0) is 76.8 Å². The standard InChI is InChI=1S/C26H33FN4O3/c1-15(2)31-12-10-26(6,11-13-31)29-25(34)23(32)22-17(4)21(18(5)30(22)7)24(33)28-19-8-9-20(27)16(3)14-19/h8-9,14H,1,10-13H2,2-7H3,(H,28,33)(H,29,34). The van der Waals surface area contributed by atoms with Crippen LogP contribution in [-0.2, 0) is 11.8 Å². The second kappa shape index (κ2) is 9.44. The second-order valence-corrected chi connectivity index (χ2v) is 9.48. The predicted octanol–water partition coefficient (Wildman–Crippen LogP) is 4.03. The van der Waals surface area contributed by atoms with Crippen LogP contribution < -0.4 is 10.6 Å². The van der Waals surface area contributed by atoms with Gasteiger partial charge in [-0.15, -0.1) is 0 Å². The van der Waals surface area contributed by atoms with Crippen LogP contribution in [0.4, 0.5) is 10.1 Å². The summed E-state index contributed by atoms with van der Waals surface area (Å²) in [5, 5.41) is 5.68. The van der Waals surface area contributed by atoms with Gasteiger partial charge in [0.25, 0.3) is 17.6 Å². The Morgan fingerprint density at radius 1 is 1.12 bits per heavy atom. The molecule has 0 radical (unpaired) electrons. The highest BCUT2D eigenvalue weighted by Gasteiger charge is 2.35. The maximum atomic E-state index is 13.6. The molecule has 34 heavy (non-hydrogen) atoms. The van der Waals surface area contributed by atoms with Gasteiger partial charge in [0.05, 0.1) is 11.3 Å². The van der Waals surface area contributed by atoms with Gasteiger partial charge in [0.15, 0.2) is 0 Å². The normalized spacial score (nSPS) is 15.1. The van der Waals surface area contributed by atoms with E-state index >= 15 is 0 Å². The number of nitrogens with one attached hydrogen (secondary N) is 2. The molecule has 8 heteroatoms. The van der Waals surface area contributed by atoms with E-state index in [1.807, 2.05) is 13.8 Å². The Bertz CT molecular complexity index is 1170. The Balaban J connectivity index is 1.79. The van der Waals surface area contributed by atoms with E-state index in [1.54, 1.807) is 38.5 Å². The maximum Gasteiger partial charge on any atom is 0.294 e. The van der Waals surface area contributed by atoms with Gasteiger partial charge < -0.3 is 20.1 Å². The molecule has 182 valence electrons. The van der Waals surface area contributed by atoms with Crippen LogP contribution in [0, 0.1) is 26.6 Å². The van der Waals surface area contributed by atoms with Crippen LogP contribution >= 0.6 is 0 Å². The molecule has 7 nitrogen and oxygen atoms in total. The highest BCUT2D eigenvalue weighted by molar-refractivity contribution is 6.43. The molecule has 0 saturated carbocycles. The van der Waals surface area contributed by atoms with Crippen molar-refractivity contribution < 1.29 is 18.8 Å². The summed E-state index contributed by atoms with van der Waals surface area (Å²) in [6.07, 6.45) is 1.41. The van der Waals surface area contributed by atoms with E-state index in [2.05, 4.69) is 22.1 Å². The molecule has 0 bridgehead atoms. The van der Waals surface area contributed by atoms with E-state index in [4.69, 9.17) is 0 Å². The highest BCUT2D eigenvalue weighted by atomic mass is 19.1. The number of aryl methyl sites for hydroxylation is 1. The van der Waals surface area contributed by atoms with Gasteiger partial charge in [-0.2, -0.15) is 0 Å². The van der Waals surface area contributed by atoms with Crippen molar-refractivity contribution in [2.75, 3.05) is 18.4 Å². The number of rotatable bonds is 6. The number of likely N-dealkylation sites (tertiary alicyclic amines) is 1. The molecule has 2 amide bonds. The summed E-state index contributed by atoms with van der Waals surface area (Å²) in [5.74, 6) is -2.14. The fourth-order valence-corrected chi connectivity index (χ4v) is 4.50. The summed E-state index contributed by atoms with van der Waals surface area (Å²) in [6, 6.07) is 4.31. The zero-order chi connectivity index (χ0) is 25.4. The molecule has 1 saturated heterocycles. The van der Waals surface area contributed by atoms with Crippen molar-refractivity contribution in [1.29, 1.82) is 0 Å². The van der Waals surface area contributed by atoms with Crippen molar-refractivity contribution in [1.82, 2.24) is 14.8 Å². The number of halogens is 1. The molecule has 0 unspecified atom stereocenters. The number of nitrogens with zero attached hydrogens (tertiary/aromatic N) is 2. The second-order valence-electron chi connectivity index (χ2n) is 9.48. The lowest BCUT2D eigenvalue weighted by Gasteiger charge is -2.40. The third-order valence-corrected chi connectivity index (χ3v) is 6.82. The summed E-state index contributed by atoms with van der Waals surface area (Å²) in [4.78, 5) is 41.3. The van der Waals surface area contributed by atoms with Crippen LogP contribution in [0.1, 0.15) is 64.4 Å². The third-order valence-electron chi connectivity index (χ3n) is 6.82. The van der Waals surface area contributed by atoms with E-state index in [1.165, 1.54) is 12.1 Å². The molecule has 2 N–H and O–H groups in total. The van der Waals surface area contributed by atoms with Crippen LogP contribution in [-0.4, -0.2) is 45.7 Å². The number of hydrogen-bond acceptors (Lipinski definition) is 4. The number of ketones is 1. The van der Waals surface area contributed by atoms with E-state index < -0.39 is 23.1 Å². The van der Waals surface area contributed by atoms with Gasteiger partial charge in [-0.3, -0.25) is 14.4 Å². The zero-order valence-corrected chi connectivity index (χ0v) is 20.8. The zero-order valence-electron chi connectivity index (χ0n) is 20.8. The van der Waals surface area contributed by atoms with Crippen molar-refractivity contribution in [2.24, 2.45) is 7.05 Å². The molecule has 0 atom stereocenters. The third kappa shape index (κ3) is 4.90. The molecule has 1 aliphatic heterocycles. The number of anilines is 1.